The van der Waals surface area contributed by atoms with Crippen molar-refractivity contribution in [1.82, 2.24) is 10.6 Å². The Kier molecular flexibility index (Phi) is 7.70. The standard InChI is InChI=1S/C18H29N3O4/c1-12(2)9-18(3,11-19)21-17(23)13-6-7-14(15(8-13)24-5)25-10-16(22)20-4/h6-8,12H,9-11,19H2,1-5H3,(H,20,22)(H,21,23). The summed E-state index contributed by atoms with van der Waals surface area (Å²) in [6.07, 6.45) is 0.777. The number of methoxy groups -OCH3 is 1. The van der Waals surface area contributed by atoms with Gasteiger partial charge in [0.05, 0.1) is 7.11 Å². The van der Waals surface area contributed by atoms with E-state index in [4.69, 9.17) is 15.2 Å². The molecule has 0 heterocycles. The highest BCUT2D eigenvalue weighted by Gasteiger charge is 2.26. The molecule has 140 valence electrons. The number of amides is 2. The van der Waals surface area contributed by atoms with Crippen LogP contribution in [-0.2, 0) is 4.79 Å². The van der Waals surface area contributed by atoms with Crippen LogP contribution in [0.25, 0.3) is 0 Å². The summed E-state index contributed by atoms with van der Waals surface area (Å²) in [5.41, 5.74) is 5.80. The molecule has 0 bridgehead atoms. The molecule has 1 aromatic carbocycles. The molecule has 0 aromatic heterocycles. The third-order valence-corrected chi connectivity index (χ3v) is 3.79. The van der Waals surface area contributed by atoms with E-state index in [1.165, 1.54) is 14.2 Å². The van der Waals surface area contributed by atoms with Crippen LogP contribution in [0, 0.1) is 5.92 Å². The molecule has 0 radical (unpaired) electrons. The van der Waals surface area contributed by atoms with Crippen LogP contribution in [0.5, 0.6) is 11.5 Å². The summed E-state index contributed by atoms with van der Waals surface area (Å²) in [7, 11) is 3.01. The number of likely N-dealkylation sites (N-methyl/N-ethyl adjacent to an activating group) is 1. The maximum Gasteiger partial charge on any atom is 0.257 e. The Balaban J connectivity index is 2.91. The quantitative estimate of drug-likeness (QED) is 0.622. The van der Waals surface area contributed by atoms with Gasteiger partial charge in [0.2, 0.25) is 0 Å². The zero-order valence-electron chi connectivity index (χ0n) is 15.6. The Labute approximate surface area is 149 Å². The van der Waals surface area contributed by atoms with Gasteiger partial charge >= 0.3 is 0 Å². The molecular weight excluding hydrogens is 322 g/mol. The third kappa shape index (κ3) is 6.26. The van der Waals surface area contributed by atoms with Gasteiger partial charge in [0, 0.05) is 24.7 Å². The molecule has 0 aliphatic heterocycles. The minimum atomic E-state index is -0.479. The second-order valence-corrected chi connectivity index (χ2v) is 6.64. The molecule has 0 saturated heterocycles. The van der Waals surface area contributed by atoms with Crippen LogP contribution < -0.4 is 25.8 Å². The highest BCUT2D eigenvalue weighted by Crippen LogP contribution is 2.28. The fourth-order valence-electron chi connectivity index (χ4n) is 2.58. The van der Waals surface area contributed by atoms with Crippen LogP contribution in [0.2, 0.25) is 0 Å². The van der Waals surface area contributed by atoms with Crippen molar-refractivity contribution < 1.29 is 19.1 Å². The van der Waals surface area contributed by atoms with Crippen molar-refractivity contribution >= 4 is 11.8 Å². The fraction of sp³-hybridized carbons (Fsp3) is 0.556. The van der Waals surface area contributed by atoms with Gasteiger partial charge < -0.3 is 25.8 Å². The van der Waals surface area contributed by atoms with E-state index in [1.54, 1.807) is 18.2 Å². The van der Waals surface area contributed by atoms with E-state index < -0.39 is 5.54 Å². The van der Waals surface area contributed by atoms with E-state index in [9.17, 15) is 9.59 Å². The molecule has 1 unspecified atom stereocenters. The van der Waals surface area contributed by atoms with Gasteiger partial charge in [-0.2, -0.15) is 0 Å². The Hall–Kier alpha value is -2.28. The molecule has 0 saturated carbocycles. The Bertz CT molecular complexity index is 604. The van der Waals surface area contributed by atoms with Gasteiger partial charge in [-0.1, -0.05) is 13.8 Å². The van der Waals surface area contributed by atoms with Gasteiger partial charge in [-0.3, -0.25) is 9.59 Å². The van der Waals surface area contributed by atoms with Crippen LogP contribution >= 0.6 is 0 Å². The summed E-state index contributed by atoms with van der Waals surface area (Å²) in [6.45, 7) is 6.33. The molecule has 0 fully saturated rings. The first-order valence-electron chi connectivity index (χ1n) is 8.28. The highest BCUT2D eigenvalue weighted by atomic mass is 16.5. The van der Waals surface area contributed by atoms with Crippen molar-refractivity contribution in [3.05, 3.63) is 23.8 Å². The summed E-state index contributed by atoms with van der Waals surface area (Å²) in [6, 6.07) is 4.82. The predicted molar refractivity (Wildman–Crippen MR) is 96.9 cm³/mol. The van der Waals surface area contributed by atoms with Gasteiger partial charge in [-0.25, -0.2) is 0 Å². The smallest absolute Gasteiger partial charge is 0.257 e. The predicted octanol–water partition coefficient (Wildman–Crippen LogP) is 1.31. The van der Waals surface area contributed by atoms with Crippen molar-refractivity contribution in [2.45, 2.75) is 32.7 Å². The van der Waals surface area contributed by atoms with Crippen LogP contribution in [0.1, 0.15) is 37.6 Å². The topological polar surface area (TPSA) is 103 Å². The number of ether oxygens (including phenoxy) is 2. The van der Waals surface area contributed by atoms with Crippen molar-refractivity contribution in [1.29, 1.82) is 0 Å². The van der Waals surface area contributed by atoms with E-state index in [-0.39, 0.29) is 18.4 Å². The normalized spacial score (nSPS) is 13.1. The van der Waals surface area contributed by atoms with Crippen LogP contribution in [0.3, 0.4) is 0 Å². The molecule has 4 N–H and O–H groups in total. The van der Waals surface area contributed by atoms with Crippen LogP contribution in [0.4, 0.5) is 0 Å². The number of benzene rings is 1. The number of hydrogen-bond donors (Lipinski definition) is 3. The zero-order chi connectivity index (χ0) is 19.0. The maximum absolute atomic E-state index is 12.6. The third-order valence-electron chi connectivity index (χ3n) is 3.79. The molecular formula is C18H29N3O4. The van der Waals surface area contributed by atoms with Crippen molar-refractivity contribution in [3.8, 4) is 11.5 Å². The molecule has 0 aliphatic rings. The summed E-state index contributed by atoms with van der Waals surface area (Å²) < 4.78 is 10.7. The fourth-order valence-corrected chi connectivity index (χ4v) is 2.58. The zero-order valence-corrected chi connectivity index (χ0v) is 15.6. The second kappa shape index (κ2) is 9.27. The number of hydrogen-bond acceptors (Lipinski definition) is 5. The Morgan fingerprint density at radius 2 is 1.96 bits per heavy atom. The molecule has 7 heteroatoms. The minimum absolute atomic E-state index is 0.127. The van der Waals surface area contributed by atoms with Gasteiger partial charge in [-0.15, -0.1) is 0 Å². The summed E-state index contributed by atoms with van der Waals surface area (Å²) in [5, 5.41) is 5.47. The van der Waals surface area contributed by atoms with Gasteiger partial charge in [0.25, 0.3) is 11.8 Å². The lowest BCUT2D eigenvalue weighted by Crippen LogP contribution is -2.52. The average molecular weight is 351 g/mol. The van der Waals surface area contributed by atoms with Gasteiger partial charge in [0.1, 0.15) is 0 Å². The Morgan fingerprint density at radius 1 is 1.28 bits per heavy atom. The van der Waals surface area contributed by atoms with Crippen molar-refractivity contribution in [3.63, 3.8) is 0 Å². The second-order valence-electron chi connectivity index (χ2n) is 6.64. The molecule has 0 spiro atoms. The van der Waals surface area contributed by atoms with E-state index in [0.29, 0.717) is 29.5 Å². The van der Waals surface area contributed by atoms with Crippen LogP contribution in [-0.4, -0.2) is 44.7 Å². The first kappa shape index (κ1) is 20.8. The molecule has 25 heavy (non-hydrogen) atoms. The van der Waals surface area contributed by atoms with Crippen molar-refractivity contribution in [2.75, 3.05) is 27.3 Å². The minimum Gasteiger partial charge on any atom is -0.493 e. The monoisotopic (exact) mass is 351 g/mol. The van der Waals surface area contributed by atoms with E-state index >= 15 is 0 Å². The number of carbonyl (C=O) groups is 2. The van der Waals surface area contributed by atoms with Gasteiger partial charge in [0.15, 0.2) is 18.1 Å². The van der Waals surface area contributed by atoms with E-state index in [2.05, 4.69) is 24.5 Å². The summed E-state index contributed by atoms with van der Waals surface area (Å²) in [4.78, 5) is 23.9. The maximum atomic E-state index is 12.6. The highest BCUT2D eigenvalue weighted by molar-refractivity contribution is 5.95. The SMILES string of the molecule is CNC(=O)COc1ccc(C(=O)NC(C)(CN)CC(C)C)cc1OC. The number of nitrogens with one attached hydrogen (secondary N) is 2. The number of carbonyl (C=O) groups excluding carboxylic acids is 2. The largest absolute Gasteiger partial charge is 0.493 e. The van der Waals surface area contributed by atoms with Crippen molar-refractivity contribution in [2.24, 2.45) is 11.7 Å². The van der Waals surface area contributed by atoms with Gasteiger partial charge in [-0.05, 0) is 37.5 Å². The van der Waals surface area contributed by atoms with Crippen LogP contribution in [0.15, 0.2) is 18.2 Å². The Morgan fingerprint density at radius 3 is 2.48 bits per heavy atom. The molecule has 1 aromatic rings. The number of nitrogens with two attached hydrogens (primary N) is 1. The lowest BCUT2D eigenvalue weighted by molar-refractivity contribution is -0.122. The summed E-state index contributed by atoms with van der Waals surface area (Å²) >= 11 is 0. The molecule has 1 rings (SSSR count). The first-order valence-corrected chi connectivity index (χ1v) is 8.28. The molecule has 0 aliphatic carbocycles. The molecule has 1 atom stereocenters. The molecule has 7 nitrogen and oxygen atoms in total. The number of rotatable bonds is 9. The average Bonchev–Trinajstić information content (AvgIpc) is 2.58. The van der Waals surface area contributed by atoms with E-state index in [0.717, 1.165) is 6.42 Å². The van der Waals surface area contributed by atoms with E-state index in [1.807, 2.05) is 6.92 Å². The molecule has 2 amide bonds. The summed E-state index contributed by atoms with van der Waals surface area (Å²) in [5.74, 6) is 0.700. The first-order chi connectivity index (χ1) is 11.7. The lowest BCUT2D eigenvalue weighted by atomic mass is 9.90. The lowest BCUT2D eigenvalue weighted by Gasteiger charge is -2.31.